The number of aliphatic hydroxyl groups is 1. The molecule has 0 radical (unpaired) electrons. The second kappa shape index (κ2) is 8.84. The van der Waals surface area contributed by atoms with E-state index in [9.17, 15) is 4.79 Å². The number of nitrogen functional groups attached to an aromatic ring is 1. The van der Waals surface area contributed by atoms with Crippen molar-refractivity contribution < 1.29 is 9.90 Å². The molecule has 0 aliphatic carbocycles. The van der Waals surface area contributed by atoms with E-state index in [-0.39, 0.29) is 24.2 Å². The zero-order chi connectivity index (χ0) is 15.8. The molecule has 1 heterocycles. The van der Waals surface area contributed by atoms with Gasteiger partial charge in [-0.3, -0.25) is 4.79 Å². The summed E-state index contributed by atoms with van der Waals surface area (Å²) in [4.78, 5) is 16.7. The summed E-state index contributed by atoms with van der Waals surface area (Å²) in [6.45, 7) is 7.72. The van der Waals surface area contributed by atoms with Crippen LogP contribution in [0.2, 0.25) is 0 Å². The van der Waals surface area contributed by atoms with Gasteiger partial charge in [0.05, 0.1) is 0 Å². The first kappa shape index (κ1) is 17.7. The standard InChI is InChI=1S/C14H26N4O2S/c1-4-10(5-6-19)8-16-13(20)11-12(15)18-14(21-11)17-7-9(2)3/h9-10,19H,4-8,15H2,1-3H3,(H,16,20)(H,17,18). The Morgan fingerprint density at radius 2 is 2.14 bits per heavy atom. The van der Waals surface area contributed by atoms with Crippen LogP contribution in [0.3, 0.4) is 0 Å². The summed E-state index contributed by atoms with van der Waals surface area (Å²) in [5, 5.41) is 15.7. The zero-order valence-corrected chi connectivity index (χ0v) is 13.8. The molecule has 1 aromatic heterocycles. The van der Waals surface area contributed by atoms with Gasteiger partial charge in [0, 0.05) is 19.7 Å². The minimum atomic E-state index is -0.195. The zero-order valence-electron chi connectivity index (χ0n) is 13.0. The average Bonchev–Trinajstić information content (AvgIpc) is 2.82. The first-order chi connectivity index (χ1) is 9.97. The number of carbonyl (C=O) groups excluding carboxylic acids is 1. The molecule has 0 saturated heterocycles. The van der Waals surface area contributed by atoms with E-state index in [1.54, 1.807) is 0 Å². The van der Waals surface area contributed by atoms with Crippen LogP contribution in [0.25, 0.3) is 0 Å². The normalized spacial score (nSPS) is 12.4. The predicted molar refractivity (Wildman–Crippen MR) is 87.7 cm³/mol. The Balaban J connectivity index is 2.57. The highest BCUT2D eigenvalue weighted by Crippen LogP contribution is 2.25. The van der Waals surface area contributed by atoms with Gasteiger partial charge >= 0.3 is 0 Å². The summed E-state index contributed by atoms with van der Waals surface area (Å²) in [6.07, 6.45) is 1.61. The maximum Gasteiger partial charge on any atom is 0.265 e. The highest BCUT2D eigenvalue weighted by molar-refractivity contribution is 7.18. The summed E-state index contributed by atoms with van der Waals surface area (Å²) in [5.74, 6) is 0.848. The van der Waals surface area contributed by atoms with E-state index < -0.39 is 0 Å². The summed E-state index contributed by atoms with van der Waals surface area (Å²) < 4.78 is 0. The lowest BCUT2D eigenvalue weighted by molar-refractivity contribution is 0.0948. The number of nitrogens with one attached hydrogen (secondary N) is 2. The predicted octanol–water partition coefficient (Wildman–Crippen LogP) is 1.93. The third-order valence-corrected chi connectivity index (χ3v) is 4.21. The Morgan fingerprint density at radius 1 is 1.43 bits per heavy atom. The molecule has 0 aromatic carbocycles. The van der Waals surface area contributed by atoms with Gasteiger partial charge in [-0.2, -0.15) is 0 Å². The molecule has 6 nitrogen and oxygen atoms in total. The van der Waals surface area contributed by atoms with Gasteiger partial charge in [0.1, 0.15) is 10.7 Å². The number of hydrogen-bond acceptors (Lipinski definition) is 6. The van der Waals surface area contributed by atoms with Crippen LogP contribution in [0, 0.1) is 11.8 Å². The smallest absolute Gasteiger partial charge is 0.265 e. The fraction of sp³-hybridized carbons (Fsp3) is 0.714. The van der Waals surface area contributed by atoms with Crippen LogP contribution in [0.1, 0.15) is 43.3 Å². The molecule has 0 aliphatic heterocycles. The van der Waals surface area contributed by atoms with E-state index in [0.717, 1.165) is 13.0 Å². The van der Waals surface area contributed by atoms with Gasteiger partial charge in [0.2, 0.25) is 0 Å². The van der Waals surface area contributed by atoms with Crippen LogP contribution in [0.15, 0.2) is 0 Å². The SMILES string of the molecule is CCC(CCO)CNC(=O)c1sc(NCC(C)C)nc1N. The molecule has 120 valence electrons. The molecular formula is C14H26N4O2S. The van der Waals surface area contributed by atoms with Gasteiger partial charge in [-0.25, -0.2) is 4.98 Å². The summed E-state index contributed by atoms with van der Waals surface area (Å²) >= 11 is 1.27. The number of aromatic nitrogens is 1. The van der Waals surface area contributed by atoms with Crippen molar-refractivity contribution >= 4 is 28.2 Å². The van der Waals surface area contributed by atoms with Crippen molar-refractivity contribution in [1.82, 2.24) is 10.3 Å². The number of carbonyl (C=O) groups is 1. The van der Waals surface area contributed by atoms with E-state index >= 15 is 0 Å². The molecule has 21 heavy (non-hydrogen) atoms. The second-order valence-corrected chi connectivity index (χ2v) is 6.50. The molecule has 1 amide bonds. The fourth-order valence-corrected chi connectivity index (χ4v) is 2.62. The summed E-state index contributed by atoms with van der Waals surface area (Å²) in [6, 6.07) is 0. The van der Waals surface area contributed by atoms with Gasteiger partial charge in [0.15, 0.2) is 5.13 Å². The largest absolute Gasteiger partial charge is 0.396 e. The molecule has 7 heteroatoms. The maximum absolute atomic E-state index is 12.1. The second-order valence-electron chi connectivity index (χ2n) is 5.50. The van der Waals surface area contributed by atoms with Gasteiger partial charge in [-0.05, 0) is 18.3 Å². The molecule has 1 aromatic rings. The van der Waals surface area contributed by atoms with Crippen molar-refractivity contribution in [2.45, 2.75) is 33.6 Å². The summed E-state index contributed by atoms with van der Waals surface area (Å²) in [5.41, 5.74) is 5.80. The summed E-state index contributed by atoms with van der Waals surface area (Å²) in [7, 11) is 0. The van der Waals surface area contributed by atoms with Gasteiger partial charge in [0.25, 0.3) is 5.91 Å². The Kier molecular flexibility index (Phi) is 7.45. The number of anilines is 2. The number of nitrogens with two attached hydrogens (primary N) is 1. The van der Waals surface area contributed by atoms with Crippen molar-refractivity contribution in [3.05, 3.63) is 4.88 Å². The highest BCUT2D eigenvalue weighted by atomic mass is 32.1. The average molecular weight is 314 g/mol. The lowest BCUT2D eigenvalue weighted by Crippen LogP contribution is -2.29. The van der Waals surface area contributed by atoms with E-state index in [1.165, 1.54) is 11.3 Å². The molecule has 1 unspecified atom stereocenters. The minimum Gasteiger partial charge on any atom is -0.396 e. The minimum absolute atomic E-state index is 0.139. The van der Waals surface area contributed by atoms with Gasteiger partial charge in [-0.15, -0.1) is 0 Å². The number of aliphatic hydroxyl groups excluding tert-OH is 1. The quantitative estimate of drug-likeness (QED) is 0.558. The van der Waals surface area contributed by atoms with Crippen LogP contribution in [0.5, 0.6) is 0 Å². The number of nitrogens with zero attached hydrogens (tertiary/aromatic N) is 1. The number of hydrogen-bond donors (Lipinski definition) is 4. The Bertz CT molecular complexity index is 448. The van der Waals surface area contributed by atoms with Crippen molar-refractivity contribution in [1.29, 1.82) is 0 Å². The molecule has 0 spiro atoms. The van der Waals surface area contributed by atoms with E-state index in [1.807, 2.05) is 6.92 Å². The van der Waals surface area contributed by atoms with Crippen molar-refractivity contribution in [2.24, 2.45) is 11.8 Å². The molecule has 0 fully saturated rings. The number of rotatable bonds is 9. The van der Waals surface area contributed by atoms with Crippen LogP contribution >= 0.6 is 11.3 Å². The highest BCUT2D eigenvalue weighted by Gasteiger charge is 2.17. The molecule has 0 aliphatic rings. The Labute approximate surface area is 130 Å². The van der Waals surface area contributed by atoms with E-state index in [0.29, 0.717) is 28.9 Å². The lowest BCUT2D eigenvalue weighted by Gasteiger charge is -2.13. The van der Waals surface area contributed by atoms with Crippen LogP contribution in [-0.4, -0.2) is 35.7 Å². The van der Waals surface area contributed by atoms with Gasteiger partial charge < -0.3 is 21.5 Å². The Hall–Kier alpha value is -1.34. The molecular weight excluding hydrogens is 288 g/mol. The maximum atomic E-state index is 12.1. The van der Waals surface area contributed by atoms with Crippen LogP contribution < -0.4 is 16.4 Å². The fourth-order valence-electron chi connectivity index (χ4n) is 1.81. The van der Waals surface area contributed by atoms with Crippen LogP contribution in [-0.2, 0) is 0 Å². The van der Waals surface area contributed by atoms with E-state index in [4.69, 9.17) is 10.8 Å². The monoisotopic (exact) mass is 314 g/mol. The number of thiazole rings is 1. The third kappa shape index (κ3) is 5.89. The third-order valence-electron chi connectivity index (χ3n) is 3.19. The van der Waals surface area contributed by atoms with Crippen LogP contribution in [0.4, 0.5) is 10.9 Å². The Morgan fingerprint density at radius 3 is 2.71 bits per heavy atom. The van der Waals surface area contributed by atoms with E-state index in [2.05, 4.69) is 29.5 Å². The van der Waals surface area contributed by atoms with Crippen molar-refractivity contribution in [3.63, 3.8) is 0 Å². The molecule has 0 saturated carbocycles. The first-order valence-electron chi connectivity index (χ1n) is 7.37. The molecule has 1 rings (SSSR count). The molecule has 0 bridgehead atoms. The molecule has 1 atom stereocenters. The van der Waals surface area contributed by atoms with Gasteiger partial charge in [-0.1, -0.05) is 38.5 Å². The first-order valence-corrected chi connectivity index (χ1v) is 8.18. The number of amides is 1. The lowest BCUT2D eigenvalue weighted by atomic mass is 10.0. The van der Waals surface area contributed by atoms with Crippen molar-refractivity contribution in [2.75, 3.05) is 30.7 Å². The topological polar surface area (TPSA) is 100 Å². The van der Waals surface area contributed by atoms with Crippen molar-refractivity contribution in [3.8, 4) is 0 Å². The molecule has 5 N–H and O–H groups in total.